The first-order chi connectivity index (χ1) is 15.8. The molecule has 1 heterocycles. The van der Waals surface area contributed by atoms with Crippen molar-refractivity contribution in [3.05, 3.63) is 48.0 Å². The summed E-state index contributed by atoms with van der Waals surface area (Å²) in [4.78, 5) is 30.1. The van der Waals surface area contributed by atoms with E-state index in [1.807, 2.05) is 57.2 Å². The van der Waals surface area contributed by atoms with Gasteiger partial charge in [0.25, 0.3) is 5.91 Å². The number of piperazine rings is 1. The molecule has 0 atom stereocenters. The first-order valence-corrected chi connectivity index (χ1v) is 11.7. The lowest BCUT2D eigenvalue weighted by molar-refractivity contribution is -0.123. The summed E-state index contributed by atoms with van der Waals surface area (Å²) in [6.07, 6.45) is 2.05. The molecule has 2 amide bonds. The smallest absolute Gasteiger partial charge is 0.253 e. The number of hydrogen-bond acceptors (Lipinski definition) is 5. The molecule has 0 radical (unpaired) electrons. The highest BCUT2D eigenvalue weighted by Crippen LogP contribution is 2.32. The summed E-state index contributed by atoms with van der Waals surface area (Å²) in [5.41, 5.74) is 2.74. The predicted octanol–water partition coefficient (Wildman–Crippen LogP) is 3.90. The number of para-hydroxylation sites is 2. The summed E-state index contributed by atoms with van der Waals surface area (Å²) in [6, 6.07) is 14.0. The van der Waals surface area contributed by atoms with Crippen molar-refractivity contribution in [3.8, 4) is 5.75 Å². The molecule has 1 saturated carbocycles. The second kappa shape index (κ2) is 9.33. The van der Waals surface area contributed by atoms with Crippen molar-refractivity contribution in [2.45, 2.75) is 39.7 Å². The van der Waals surface area contributed by atoms with Crippen LogP contribution in [0.3, 0.4) is 0 Å². The minimum atomic E-state index is -0.510. The van der Waals surface area contributed by atoms with Crippen molar-refractivity contribution in [2.75, 3.05) is 48.4 Å². The average molecular weight is 451 g/mol. The van der Waals surface area contributed by atoms with Gasteiger partial charge >= 0.3 is 0 Å². The van der Waals surface area contributed by atoms with Gasteiger partial charge in [-0.1, -0.05) is 32.9 Å². The molecule has 7 nitrogen and oxygen atoms in total. The number of nitrogens with one attached hydrogen (secondary N) is 2. The zero-order chi connectivity index (χ0) is 23.6. The molecule has 0 aromatic heterocycles. The molecule has 7 heteroatoms. The van der Waals surface area contributed by atoms with Gasteiger partial charge in [0.2, 0.25) is 5.91 Å². The first kappa shape index (κ1) is 23.0. The molecule has 2 aliphatic rings. The van der Waals surface area contributed by atoms with Crippen LogP contribution in [0.25, 0.3) is 0 Å². The summed E-state index contributed by atoms with van der Waals surface area (Å²) in [5.74, 6) is 0.718. The largest absolute Gasteiger partial charge is 0.495 e. The minimum absolute atomic E-state index is 0.0748. The van der Waals surface area contributed by atoms with Gasteiger partial charge in [0.05, 0.1) is 18.4 Å². The third-order valence-corrected chi connectivity index (χ3v) is 6.14. The van der Waals surface area contributed by atoms with Crippen LogP contribution in [-0.2, 0) is 4.79 Å². The zero-order valence-corrected chi connectivity index (χ0v) is 20.0. The van der Waals surface area contributed by atoms with Gasteiger partial charge in [0.15, 0.2) is 0 Å². The Labute approximate surface area is 196 Å². The van der Waals surface area contributed by atoms with Crippen molar-refractivity contribution < 1.29 is 14.3 Å². The molecule has 0 spiro atoms. The molecule has 2 aromatic rings. The number of carbonyl (C=O) groups is 2. The maximum absolute atomic E-state index is 13.1. The van der Waals surface area contributed by atoms with E-state index in [2.05, 4.69) is 26.5 Å². The molecular weight excluding hydrogens is 416 g/mol. The van der Waals surface area contributed by atoms with E-state index in [9.17, 15) is 9.59 Å². The van der Waals surface area contributed by atoms with E-state index in [1.54, 1.807) is 7.11 Å². The van der Waals surface area contributed by atoms with Gasteiger partial charge in [-0.25, -0.2) is 0 Å². The molecular formula is C26H34N4O3. The number of methoxy groups -OCH3 is 1. The van der Waals surface area contributed by atoms with Gasteiger partial charge in [0.1, 0.15) is 5.75 Å². The fourth-order valence-corrected chi connectivity index (χ4v) is 3.96. The lowest BCUT2D eigenvalue weighted by atomic mass is 9.95. The fourth-order valence-electron chi connectivity index (χ4n) is 3.96. The Morgan fingerprint density at radius 2 is 1.58 bits per heavy atom. The Morgan fingerprint density at radius 3 is 2.18 bits per heavy atom. The highest BCUT2D eigenvalue weighted by Gasteiger charge is 2.28. The van der Waals surface area contributed by atoms with Crippen molar-refractivity contribution in [2.24, 2.45) is 5.41 Å². The number of anilines is 3. The summed E-state index contributed by atoms with van der Waals surface area (Å²) < 4.78 is 5.53. The third kappa shape index (κ3) is 5.41. The molecule has 1 saturated heterocycles. The Morgan fingerprint density at radius 1 is 0.939 bits per heavy atom. The Hall–Kier alpha value is -3.22. The summed E-state index contributed by atoms with van der Waals surface area (Å²) >= 11 is 0. The molecule has 2 fully saturated rings. The molecule has 0 unspecified atom stereocenters. The lowest BCUT2D eigenvalue weighted by Gasteiger charge is -2.38. The molecule has 2 N–H and O–H groups in total. The van der Waals surface area contributed by atoms with E-state index in [0.29, 0.717) is 11.3 Å². The van der Waals surface area contributed by atoms with Gasteiger partial charge in [-0.3, -0.25) is 9.59 Å². The second-order valence-corrected chi connectivity index (χ2v) is 9.83. The van der Waals surface area contributed by atoms with Crippen LogP contribution in [0.5, 0.6) is 5.75 Å². The Balaban J connectivity index is 1.53. The van der Waals surface area contributed by atoms with E-state index in [-0.39, 0.29) is 17.9 Å². The van der Waals surface area contributed by atoms with Crippen LogP contribution in [-0.4, -0.2) is 51.1 Å². The minimum Gasteiger partial charge on any atom is -0.495 e. The number of hydrogen-bond donors (Lipinski definition) is 2. The maximum atomic E-state index is 13.1. The SMILES string of the molecule is COc1ccccc1N1CCN(c2ccc(NC(=O)C(C)(C)C)cc2C(=O)NC2CC2)CC1. The quantitative estimate of drug-likeness (QED) is 0.698. The Bertz CT molecular complexity index is 1020. The number of nitrogens with zero attached hydrogens (tertiary/aromatic N) is 2. The van der Waals surface area contributed by atoms with E-state index < -0.39 is 5.41 Å². The van der Waals surface area contributed by atoms with Crippen LogP contribution >= 0.6 is 0 Å². The standard InChI is InChI=1S/C26H34N4O3/c1-26(2,3)25(32)28-19-11-12-21(20(17-19)24(31)27-18-9-10-18)29-13-15-30(16-14-29)22-7-5-6-8-23(22)33-4/h5-8,11-12,17-18H,9-10,13-16H2,1-4H3,(H,27,31)(H,28,32). The first-order valence-electron chi connectivity index (χ1n) is 11.7. The zero-order valence-electron chi connectivity index (χ0n) is 20.0. The van der Waals surface area contributed by atoms with E-state index in [0.717, 1.165) is 56.1 Å². The van der Waals surface area contributed by atoms with Gasteiger partial charge in [-0.2, -0.15) is 0 Å². The van der Waals surface area contributed by atoms with Gasteiger partial charge < -0.3 is 25.2 Å². The number of amides is 2. The second-order valence-electron chi connectivity index (χ2n) is 9.83. The third-order valence-electron chi connectivity index (χ3n) is 6.14. The number of benzene rings is 2. The monoisotopic (exact) mass is 450 g/mol. The number of carbonyl (C=O) groups excluding carboxylic acids is 2. The van der Waals surface area contributed by atoms with Gasteiger partial charge in [-0.05, 0) is 43.2 Å². The van der Waals surface area contributed by atoms with Crippen molar-refractivity contribution in [1.29, 1.82) is 0 Å². The topological polar surface area (TPSA) is 73.9 Å². The normalized spacial score (nSPS) is 16.4. The van der Waals surface area contributed by atoms with Crippen LogP contribution in [0.15, 0.2) is 42.5 Å². The summed E-state index contributed by atoms with van der Waals surface area (Å²) in [7, 11) is 1.69. The molecule has 0 bridgehead atoms. The van der Waals surface area contributed by atoms with Crippen LogP contribution < -0.4 is 25.2 Å². The summed E-state index contributed by atoms with van der Waals surface area (Å²) in [5, 5.41) is 6.06. The average Bonchev–Trinajstić information content (AvgIpc) is 3.62. The Kier molecular flexibility index (Phi) is 6.49. The maximum Gasteiger partial charge on any atom is 0.253 e. The van der Waals surface area contributed by atoms with E-state index in [4.69, 9.17) is 4.74 Å². The van der Waals surface area contributed by atoms with Crippen LogP contribution in [0.2, 0.25) is 0 Å². The van der Waals surface area contributed by atoms with Crippen molar-refractivity contribution in [1.82, 2.24) is 5.32 Å². The van der Waals surface area contributed by atoms with Gasteiger partial charge in [-0.15, -0.1) is 0 Å². The van der Waals surface area contributed by atoms with Gasteiger partial charge in [0, 0.05) is 49.0 Å². The van der Waals surface area contributed by atoms with Crippen LogP contribution in [0.1, 0.15) is 44.0 Å². The van der Waals surface area contributed by atoms with E-state index >= 15 is 0 Å². The van der Waals surface area contributed by atoms with Crippen LogP contribution in [0, 0.1) is 5.41 Å². The molecule has 1 aliphatic carbocycles. The molecule has 2 aromatic carbocycles. The number of rotatable bonds is 6. The predicted molar refractivity (Wildman–Crippen MR) is 132 cm³/mol. The highest BCUT2D eigenvalue weighted by atomic mass is 16.5. The van der Waals surface area contributed by atoms with Crippen LogP contribution in [0.4, 0.5) is 17.1 Å². The summed E-state index contributed by atoms with van der Waals surface area (Å²) in [6.45, 7) is 8.85. The highest BCUT2D eigenvalue weighted by molar-refractivity contribution is 6.03. The molecule has 1 aliphatic heterocycles. The molecule has 33 heavy (non-hydrogen) atoms. The molecule has 4 rings (SSSR count). The fraction of sp³-hybridized carbons (Fsp3) is 0.462. The van der Waals surface area contributed by atoms with Crippen molar-refractivity contribution >= 4 is 28.9 Å². The number of ether oxygens (including phenoxy) is 1. The molecule has 176 valence electrons. The van der Waals surface area contributed by atoms with Crippen molar-refractivity contribution in [3.63, 3.8) is 0 Å². The lowest BCUT2D eigenvalue weighted by Crippen LogP contribution is -2.47. The van der Waals surface area contributed by atoms with E-state index in [1.165, 1.54) is 0 Å².